The number of halogens is 1. The van der Waals surface area contributed by atoms with Crippen molar-refractivity contribution in [3.63, 3.8) is 0 Å². The van der Waals surface area contributed by atoms with Crippen molar-refractivity contribution >= 4 is 15.9 Å². The van der Waals surface area contributed by atoms with Crippen molar-refractivity contribution in [1.82, 2.24) is 0 Å². The molecule has 0 aliphatic carbocycles. The molecule has 0 aromatic heterocycles. The van der Waals surface area contributed by atoms with Gasteiger partial charge in [-0.3, -0.25) is 0 Å². The topological polar surface area (TPSA) is 118 Å². The molecule has 4 N–H and O–H groups in total. The van der Waals surface area contributed by atoms with Crippen molar-refractivity contribution in [3.05, 3.63) is 63.3 Å². The van der Waals surface area contributed by atoms with Gasteiger partial charge in [0, 0.05) is 5.33 Å². The molecule has 0 bridgehead atoms. The van der Waals surface area contributed by atoms with Gasteiger partial charge in [-0.15, -0.1) is 32.9 Å². The molecule has 0 aromatic carbocycles. The minimum atomic E-state index is -1.11. The maximum Gasteiger partial charge on any atom is 0.0645 e. The van der Waals surface area contributed by atoms with Crippen molar-refractivity contribution in [1.29, 1.82) is 0 Å². The summed E-state index contributed by atoms with van der Waals surface area (Å²) < 4.78 is 22.4. The average molecular weight is 554 g/mol. The quantitative estimate of drug-likeness (QED) is 0.0972. The molecular weight excluding hydrogens is 508 g/mol. The Kier molecular flexibility index (Phi) is 30.9. The first-order valence-electron chi connectivity index (χ1n) is 10.8. The molecule has 0 unspecified atom stereocenters. The SMILES string of the molecule is C=CCBr.C=CCOCC(COCC=C)(COCC=C)COCC=C.OCC(CO)(CO)CO. The van der Waals surface area contributed by atoms with E-state index in [2.05, 4.69) is 48.8 Å². The summed E-state index contributed by atoms with van der Waals surface area (Å²) in [6.45, 7) is 20.2. The summed E-state index contributed by atoms with van der Waals surface area (Å²) in [5.41, 5.74) is -1.49. The van der Waals surface area contributed by atoms with Crippen LogP contribution in [0.2, 0.25) is 0 Å². The van der Waals surface area contributed by atoms with E-state index in [4.69, 9.17) is 39.4 Å². The van der Waals surface area contributed by atoms with Crippen molar-refractivity contribution in [2.75, 3.05) is 84.6 Å². The van der Waals surface area contributed by atoms with E-state index in [1.807, 2.05) is 0 Å². The zero-order chi connectivity index (χ0) is 26.6. The van der Waals surface area contributed by atoms with E-state index in [-0.39, 0.29) is 5.41 Å². The molecule has 9 heteroatoms. The van der Waals surface area contributed by atoms with E-state index in [0.717, 1.165) is 5.33 Å². The van der Waals surface area contributed by atoms with Crippen molar-refractivity contribution in [2.24, 2.45) is 10.8 Å². The molecule has 0 spiro atoms. The van der Waals surface area contributed by atoms with Crippen LogP contribution in [0.25, 0.3) is 0 Å². The Morgan fingerprint density at radius 2 is 0.735 bits per heavy atom. The first-order valence-corrected chi connectivity index (χ1v) is 11.9. The van der Waals surface area contributed by atoms with Gasteiger partial charge in [-0.05, 0) is 0 Å². The second-order valence-electron chi connectivity index (χ2n) is 7.29. The molecule has 0 rings (SSSR count). The van der Waals surface area contributed by atoms with Gasteiger partial charge in [0.25, 0.3) is 0 Å². The molecule has 0 atom stereocenters. The third-order valence-corrected chi connectivity index (χ3v) is 4.48. The van der Waals surface area contributed by atoms with Crippen LogP contribution >= 0.6 is 15.9 Å². The summed E-state index contributed by atoms with van der Waals surface area (Å²) in [4.78, 5) is 0. The first kappa shape index (κ1) is 37.4. The molecule has 0 aliphatic rings. The lowest BCUT2D eigenvalue weighted by Crippen LogP contribution is -2.42. The van der Waals surface area contributed by atoms with Gasteiger partial charge in [0.2, 0.25) is 0 Å². The zero-order valence-corrected chi connectivity index (χ0v) is 22.0. The molecule has 0 aromatic rings. The standard InChI is InChI=1S/C17H28O4.C5H12O4.C3H5Br/c1-5-9-18-13-17(14-19-10-6-2,15-20-11-7-3)16-21-12-8-4;6-1-5(2-7,3-8)4-9;1-2-3-4/h5-8H,1-4,9-16H2;6-9H,1-4H2;2H,1,3H2. The first-order chi connectivity index (χ1) is 16.4. The van der Waals surface area contributed by atoms with Crippen LogP contribution in [0.1, 0.15) is 0 Å². The Balaban J connectivity index is -0.000000607. The number of allylic oxidation sites excluding steroid dienone is 1. The summed E-state index contributed by atoms with van der Waals surface area (Å²) in [7, 11) is 0. The minimum absolute atomic E-state index is 0.377. The molecule has 8 nitrogen and oxygen atoms in total. The highest BCUT2D eigenvalue weighted by atomic mass is 79.9. The number of hydrogen-bond donors (Lipinski definition) is 4. The van der Waals surface area contributed by atoms with Crippen LogP contribution in [0.3, 0.4) is 0 Å². The second kappa shape index (κ2) is 28.1. The fourth-order valence-electron chi connectivity index (χ4n) is 1.99. The number of ether oxygens (including phenoxy) is 4. The average Bonchev–Trinajstić information content (AvgIpc) is 2.87. The molecule has 0 saturated carbocycles. The van der Waals surface area contributed by atoms with Crippen LogP contribution in [-0.2, 0) is 18.9 Å². The highest BCUT2D eigenvalue weighted by Crippen LogP contribution is 2.21. The molecule has 34 heavy (non-hydrogen) atoms. The summed E-state index contributed by atoms with van der Waals surface area (Å²) in [6.07, 6.45) is 8.64. The maximum absolute atomic E-state index is 8.50. The highest BCUT2D eigenvalue weighted by molar-refractivity contribution is 9.09. The van der Waals surface area contributed by atoms with Crippen molar-refractivity contribution < 1.29 is 39.4 Å². The maximum atomic E-state index is 8.50. The van der Waals surface area contributed by atoms with Crippen LogP contribution in [0, 0.1) is 10.8 Å². The van der Waals surface area contributed by atoms with Crippen LogP contribution in [-0.4, -0.2) is 105 Å². The monoisotopic (exact) mass is 552 g/mol. The third-order valence-electron chi connectivity index (χ3n) is 4.03. The van der Waals surface area contributed by atoms with Gasteiger partial charge in [-0.25, -0.2) is 0 Å². The molecule has 0 amide bonds. The fourth-order valence-corrected chi connectivity index (χ4v) is 1.99. The van der Waals surface area contributed by atoms with Gasteiger partial charge in [0.05, 0.1) is 90.1 Å². The lowest BCUT2D eigenvalue weighted by atomic mass is 9.92. The predicted molar refractivity (Wildman–Crippen MR) is 141 cm³/mol. The summed E-state index contributed by atoms with van der Waals surface area (Å²) in [6, 6.07) is 0. The third kappa shape index (κ3) is 21.4. The molecule has 0 saturated heterocycles. The zero-order valence-electron chi connectivity index (χ0n) is 20.4. The fraction of sp³-hybridized carbons (Fsp3) is 0.600. The van der Waals surface area contributed by atoms with Crippen LogP contribution in [0.4, 0.5) is 0 Å². The van der Waals surface area contributed by atoms with E-state index in [1.54, 1.807) is 30.4 Å². The molecule has 200 valence electrons. The van der Waals surface area contributed by atoms with Crippen LogP contribution < -0.4 is 0 Å². The van der Waals surface area contributed by atoms with Crippen LogP contribution in [0.15, 0.2) is 63.3 Å². The molecule has 0 radical (unpaired) electrons. The molecular formula is C25H45BrO8. The Labute approximate surface area is 214 Å². The lowest BCUT2D eigenvalue weighted by Gasteiger charge is -2.32. The summed E-state index contributed by atoms with van der Waals surface area (Å²) in [5.74, 6) is 0. The van der Waals surface area contributed by atoms with Crippen molar-refractivity contribution in [3.8, 4) is 0 Å². The number of rotatable bonds is 21. The van der Waals surface area contributed by atoms with E-state index in [9.17, 15) is 0 Å². The van der Waals surface area contributed by atoms with E-state index in [0.29, 0.717) is 52.9 Å². The van der Waals surface area contributed by atoms with Gasteiger partial charge in [-0.1, -0.05) is 46.3 Å². The smallest absolute Gasteiger partial charge is 0.0645 e. The summed E-state index contributed by atoms with van der Waals surface area (Å²) in [5, 5.41) is 34.9. The van der Waals surface area contributed by atoms with E-state index >= 15 is 0 Å². The Bertz CT molecular complexity index is 416. The Hall–Kier alpha value is -1.14. The largest absolute Gasteiger partial charge is 0.396 e. The van der Waals surface area contributed by atoms with Gasteiger partial charge in [0.1, 0.15) is 0 Å². The minimum Gasteiger partial charge on any atom is -0.396 e. The molecule has 0 fully saturated rings. The van der Waals surface area contributed by atoms with Gasteiger partial charge in [-0.2, -0.15) is 0 Å². The Morgan fingerprint density at radius 1 is 0.500 bits per heavy atom. The van der Waals surface area contributed by atoms with Crippen LogP contribution in [0.5, 0.6) is 0 Å². The van der Waals surface area contributed by atoms with Crippen molar-refractivity contribution in [2.45, 2.75) is 0 Å². The lowest BCUT2D eigenvalue weighted by molar-refractivity contribution is -0.0942. The highest BCUT2D eigenvalue weighted by Gasteiger charge is 2.32. The second-order valence-corrected chi connectivity index (χ2v) is 7.94. The predicted octanol–water partition coefficient (Wildman–Crippen LogP) is 2.29. The number of hydrogen-bond acceptors (Lipinski definition) is 8. The van der Waals surface area contributed by atoms with E-state index in [1.165, 1.54) is 0 Å². The normalized spacial score (nSPS) is 10.7. The number of aliphatic hydroxyl groups excluding tert-OH is 4. The van der Waals surface area contributed by atoms with E-state index < -0.39 is 31.8 Å². The van der Waals surface area contributed by atoms with Gasteiger partial charge in [0.15, 0.2) is 0 Å². The Morgan fingerprint density at radius 3 is 0.853 bits per heavy atom. The molecule has 0 aliphatic heterocycles. The van der Waals surface area contributed by atoms with Gasteiger partial charge < -0.3 is 39.4 Å². The number of alkyl halides is 1. The van der Waals surface area contributed by atoms with Gasteiger partial charge >= 0.3 is 0 Å². The summed E-state index contributed by atoms with van der Waals surface area (Å²) >= 11 is 3.13. The number of aliphatic hydroxyl groups is 4. The molecule has 0 heterocycles.